The first-order chi connectivity index (χ1) is 16.2. The fraction of sp³-hybridized carbons (Fsp3) is 0.407. The summed E-state index contributed by atoms with van der Waals surface area (Å²) in [4.78, 5) is 27.7. The molecule has 7 nitrogen and oxygen atoms in total. The van der Waals surface area contributed by atoms with Crippen molar-refractivity contribution in [3.8, 4) is 24.3 Å². The first kappa shape index (κ1) is 26.6. The molecular weight excluding hydrogens is 430 g/mol. The van der Waals surface area contributed by atoms with E-state index in [-0.39, 0.29) is 23.7 Å². The van der Waals surface area contributed by atoms with Crippen molar-refractivity contribution in [2.75, 3.05) is 33.1 Å². The van der Waals surface area contributed by atoms with Crippen molar-refractivity contribution < 1.29 is 19.1 Å². The molecule has 1 heterocycles. The van der Waals surface area contributed by atoms with Gasteiger partial charge in [0.15, 0.2) is 11.5 Å². The highest BCUT2D eigenvalue weighted by molar-refractivity contribution is 6.04. The normalized spacial score (nSPS) is 13.3. The summed E-state index contributed by atoms with van der Waals surface area (Å²) in [5.41, 5.74) is 3.36. The van der Waals surface area contributed by atoms with Crippen LogP contribution in [-0.4, -0.2) is 44.5 Å². The van der Waals surface area contributed by atoms with Crippen LogP contribution in [-0.2, 0) is 11.3 Å². The zero-order valence-electron chi connectivity index (χ0n) is 20.9. The SMILES string of the molecule is C#C.CNC(=O)C[C@H](c1ccc(OC)c(OC)c1)N1Cc2cccc(NCC(C)(C)C)c2C1=O. The minimum atomic E-state index is -0.440. The first-order valence-corrected chi connectivity index (χ1v) is 11.1. The van der Waals surface area contributed by atoms with Gasteiger partial charge in [0.2, 0.25) is 5.91 Å². The lowest BCUT2D eigenvalue weighted by Crippen LogP contribution is -2.33. The molecule has 2 N–H and O–H groups in total. The molecule has 0 aliphatic carbocycles. The van der Waals surface area contributed by atoms with E-state index in [1.54, 1.807) is 32.2 Å². The minimum absolute atomic E-state index is 0.0749. The van der Waals surface area contributed by atoms with Crippen LogP contribution >= 0.6 is 0 Å². The second-order valence-electron chi connectivity index (χ2n) is 9.19. The van der Waals surface area contributed by atoms with E-state index in [0.717, 1.165) is 23.4 Å². The largest absolute Gasteiger partial charge is 0.493 e. The number of terminal acetylenes is 1. The molecule has 2 aromatic carbocycles. The van der Waals surface area contributed by atoms with Gasteiger partial charge in [0, 0.05) is 25.8 Å². The predicted molar refractivity (Wildman–Crippen MR) is 135 cm³/mol. The van der Waals surface area contributed by atoms with Crippen LogP contribution in [0.2, 0.25) is 0 Å². The molecule has 0 bridgehead atoms. The molecule has 2 aromatic rings. The summed E-state index contributed by atoms with van der Waals surface area (Å²) >= 11 is 0. The van der Waals surface area contributed by atoms with Gasteiger partial charge in [-0.1, -0.05) is 39.0 Å². The zero-order valence-corrected chi connectivity index (χ0v) is 20.9. The maximum Gasteiger partial charge on any atom is 0.257 e. The number of nitrogens with one attached hydrogen (secondary N) is 2. The van der Waals surface area contributed by atoms with Crippen molar-refractivity contribution in [1.82, 2.24) is 10.2 Å². The maximum absolute atomic E-state index is 13.6. The number of fused-ring (bicyclic) bond motifs is 1. The number of carbonyl (C=O) groups is 2. The van der Waals surface area contributed by atoms with E-state index in [2.05, 4.69) is 44.3 Å². The van der Waals surface area contributed by atoms with Gasteiger partial charge in [-0.25, -0.2) is 0 Å². The Hall–Kier alpha value is -3.66. The molecule has 0 saturated heterocycles. The maximum atomic E-state index is 13.6. The number of amides is 2. The number of rotatable bonds is 8. The van der Waals surface area contributed by atoms with E-state index in [4.69, 9.17) is 9.47 Å². The molecule has 0 saturated carbocycles. The van der Waals surface area contributed by atoms with Gasteiger partial charge in [0.05, 0.1) is 32.2 Å². The Labute approximate surface area is 202 Å². The third-order valence-corrected chi connectivity index (χ3v) is 5.60. The number of benzene rings is 2. The van der Waals surface area contributed by atoms with Crippen molar-refractivity contribution in [1.29, 1.82) is 0 Å². The molecule has 1 aliphatic heterocycles. The van der Waals surface area contributed by atoms with Crippen molar-refractivity contribution in [3.05, 3.63) is 53.1 Å². The standard InChI is InChI=1S/C25H33N3O4.C2H2/c1-25(2,3)15-27-18-9-7-8-17-14-28(24(30)23(17)18)19(13-22(29)26-4)16-10-11-20(31-5)21(12-16)32-6;1-2/h7-12,19,27H,13-15H2,1-6H3,(H,26,29);1-2H/t19-;/m1./s1. The number of carbonyl (C=O) groups excluding carboxylic acids is 2. The van der Waals surface area contributed by atoms with Gasteiger partial charge in [-0.05, 0) is 34.7 Å². The quantitative estimate of drug-likeness (QED) is 0.570. The highest BCUT2D eigenvalue weighted by Crippen LogP contribution is 2.39. The molecule has 0 aromatic heterocycles. The van der Waals surface area contributed by atoms with Gasteiger partial charge < -0.3 is 25.0 Å². The van der Waals surface area contributed by atoms with Crippen LogP contribution in [0.3, 0.4) is 0 Å². The second-order valence-corrected chi connectivity index (χ2v) is 9.19. The fourth-order valence-electron chi connectivity index (χ4n) is 3.89. The van der Waals surface area contributed by atoms with Crippen molar-refractivity contribution in [3.63, 3.8) is 0 Å². The zero-order chi connectivity index (χ0) is 25.5. The smallest absolute Gasteiger partial charge is 0.257 e. The summed E-state index contributed by atoms with van der Waals surface area (Å²) in [5, 5.41) is 6.12. The minimum Gasteiger partial charge on any atom is -0.493 e. The number of anilines is 1. The van der Waals surface area contributed by atoms with E-state index in [1.807, 2.05) is 30.3 Å². The summed E-state index contributed by atoms with van der Waals surface area (Å²) in [6.45, 7) is 7.62. The summed E-state index contributed by atoms with van der Waals surface area (Å²) < 4.78 is 10.8. The Morgan fingerprint density at radius 3 is 2.38 bits per heavy atom. The number of ether oxygens (including phenoxy) is 2. The van der Waals surface area contributed by atoms with Crippen molar-refractivity contribution >= 4 is 17.5 Å². The molecule has 0 spiro atoms. The Bertz CT molecular complexity index is 1040. The van der Waals surface area contributed by atoms with Crippen LogP contribution in [0.5, 0.6) is 11.5 Å². The van der Waals surface area contributed by atoms with Crippen molar-refractivity contribution in [2.45, 2.75) is 39.8 Å². The summed E-state index contributed by atoms with van der Waals surface area (Å²) in [6.07, 6.45) is 8.15. The Kier molecular flexibility index (Phi) is 8.97. The van der Waals surface area contributed by atoms with E-state index >= 15 is 0 Å². The molecule has 0 fully saturated rings. The average molecular weight is 466 g/mol. The fourth-order valence-corrected chi connectivity index (χ4v) is 3.89. The van der Waals surface area contributed by atoms with Gasteiger partial charge in [0.1, 0.15) is 0 Å². The van der Waals surface area contributed by atoms with Crippen LogP contribution < -0.4 is 20.1 Å². The number of hydrogen-bond donors (Lipinski definition) is 2. The van der Waals surface area contributed by atoms with E-state index in [0.29, 0.717) is 23.6 Å². The molecule has 2 amide bonds. The number of nitrogens with zero attached hydrogens (tertiary/aromatic N) is 1. The van der Waals surface area contributed by atoms with Crippen LogP contribution in [0.15, 0.2) is 36.4 Å². The Morgan fingerprint density at radius 1 is 1.12 bits per heavy atom. The third kappa shape index (κ3) is 6.02. The summed E-state index contributed by atoms with van der Waals surface area (Å²) in [7, 11) is 4.74. The lowest BCUT2D eigenvalue weighted by atomic mass is 9.96. The highest BCUT2D eigenvalue weighted by Gasteiger charge is 2.36. The molecule has 1 aliphatic rings. The summed E-state index contributed by atoms with van der Waals surface area (Å²) in [5.74, 6) is 0.934. The molecule has 0 unspecified atom stereocenters. The molecule has 0 radical (unpaired) electrons. The average Bonchev–Trinajstić information content (AvgIpc) is 3.18. The van der Waals surface area contributed by atoms with Crippen LogP contribution in [0.1, 0.15) is 54.7 Å². The topological polar surface area (TPSA) is 79.9 Å². The van der Waals surface area contributed by atoms with Crippen LogP contribution in [0.25, 0.3) is 0 Å². The number of methoxy groups -OCH3 is 2. The molecule has 3 rings (SSSR count). The molecule has 182 valence electrons. The number of hydrogen-bond acceptors (Lipinski definition) is 5. The Balaban J connectivity index is 0.00000199. The van der Waals surface area contributed by atoms with E-state index in [9.17, 15) is 9.59 Å². The van der Waals surface area contributed by atoms with E-state index < -0.39 is 6.04 Å². The predicted octanol–water partition coefficient (Wildman–Crippen LogP) is 4.24. The molecule has 1 atom stereocenters. The van der Waals surface area contributed by atoms with Gasteiger partial charge in [0.25, 0.3) is 5.91 Å². The third-order valence-electron chi connectivity index (χ3n) is 5.60. The van der Waals surface area contributed by atoms with Crippen LogP contribution in [0, 0.1) is 18.3 Å². The summed E-state index contributed by atoms with van der Waals surface area (Å²) in [6, 6.07) is 11.0. The molecule has 34 heavy (non-hydrogen) atoms. The van der Waals surface area contributed by atoms with Crippen molar-refractivity contribution in [2.24, 2.45) is 5.41 Å². The molecular formula is C27H35N3O4. The molecule has 7 heteroatoms. The van der Waals surface area contributed by atoms with Gasteiger partial charge in [-0.15, -0.1) is 12.8 Å². The van der Waals surface area contributed by atoms with Gasteiger partial charge in [-0.3, -0.25) is 9.59 Å². The lowest BCUT2D eigenvalue weighted by molar-refractivity contribution is -0.121. The first-order valence-electron chi connectivity index (χ1n) is 11.1. The van der Waals surface area contributed by atoms with E-state index in [1.165, 1.54) is 0 Å². The lowest BCUT2D eigenvalue weighted by Gasteiger charge is -2.28. The highest BCUT2D eigenvalue weighted by atomic mass is 16.5. The Morgan fingerprint density at radius 2 is 1.79 bits per heavy atom. The van der Waals surface area contributed by atoms with Crippen LogP contribution in [0.4, 0.5) is 5.69 Å². The second kappa shape index (κ2) is 11.5. The monoisotopic (exact) mass is 465 g/mol. The van der Waals surface area contributed by atoms with Gasteiger partial charge in [-0.2, -0.15) is 0 Å². The van der Waals surface area contributed by atoms with Gasteiger partial charge >= 0.3 is 0 Å².